The molecule has 0 fully saturated rings. The van der Waals surface area contributed by atoms with Crippen molar-refractivity contribution in [3.63, 3.8) is 0 Å². The summed E-state index contributed by atoms with van der Waals surface area (Å²) in [5.74, 6) is 2.38. The van der Waals surface area contributed by atoms with Crippen molar-refractivity contribution in [3.05, 3.63) is 53.1 Å². The summed E-state index contributed by atoms with van der Waals surface area (Å²) in [5.41, 5.74) is 5.64. The summed E-state index contributed by atoms with van der Waals surface area (Å²) in [4.78, 5) is 5.07. The Hall–Kier alpha value is -2.29. The molecule has 25 heavy (non-hydrogen) atoms. The molecule has 0 saturated heterocycles. The van der Waals surface area contributed by atoms with Crippen LogP contribution in [-0.2, 0) is 5.41 Å². The van der Waals surface area contributed by atoms with Gasteiger partial charge in [0, 0.05) is 11.3 Å². The molecule has 0 aliphatic carbocycles. The summed E-state index contributed by atoms with van der Waals surface area (Å²) in [5, 5.41) is 0. The summed E-state index contributed by atoms with van der Waals surface area (Å²) < 4.78 is 12.0. The Morgan fingerprint density at radius 1 is 1.16 bits per heavy atom. The van der Waals surface area contributed by atoms with Crippen LogP contribution >= 0.6 is 0 Å². The van der Waals surface area contributed by atoms with E-state index in [0.29, 0.717) is 12.5 Å². The van der Waals surface area contributed by atoms with Gasteiger partial charge in [0.15, 0.2) is 0 Å². The standard InChI is InChI=1S/C22H25NO2/c1-13(2)14-10-11-18-19(21(14)24-5)20-16(12-25-18)22(3,4)15-8-6-7-9-17(15)23-20/h6-11,13,16H,12H2,1-5H3. The molecule has 0 amide bonds. The summed E-state index contributed by atoms with van der Waals surface area (Å²) in [6, 6.07) is 12.6. The van der Waals surface area contributed by atoms with Gasteiger partial charge >= 0.3 is 0 Å². The number of para-hydroxylation sites is 1. The first kappa shape index (κ1) is 16.2. The fraction of sp³-hybridized carbons (Fsp3) is 0.409. The predicted molar refractivity (Wildman–Crippen MR) is 102 cm³/mol. The highest BCUT2D eigenvalue weighted by molar-refractivity contribution is 6.11. The third-order valence-electron chi connectivity index (χ3n) is 5.68. The Labute approximate surface area is 149 Å². The Bertz CT molecular complexity index is 864. The summed E-state index contributed by atoms with van der Waals surface area (Å²) in [6.07, 6.45) is 0. The zero-order valence-corrected chi connectivity index (χ0v) is 15.6. The van der Waals surface area contributed by atoms with Crippen LogP contribution < -0.4 is 9.47 Å². The van der Waals surface area contributed by atoms with E-state index in [4.69, 9.17) is 14.5 Å². The van der Waals surface area contributed by atoms with E-state index >= 15 is 0 Å². The third kappa shape index (κ3) is 2.29. The van der Waals surface area contributed by atoms with Gasteiger partial charge in [0.1, 0.15) is 11.5 Å². The van der Waals surface area contributed by atoms with Gasteiger partial charge in [0.05, 0.1) is 30.7 Å². The van der Waals surface area contributed by atoms with Gasteiger partial charge in [-0.15, -0.1) is 0 Å². The molecular formula is C22H25NO2. The van der Waals surface area contributed by atoms with Crippen LogP contribution in [0.15, 0.2) is 41.4 Å². The minimum absolute atomic E-state index is 0.0375. The summed E-state index contributed by atoms with van der Waals surface area (Å²) >= 11 is 0. The molecule has 1 atom stereocenters. The summed E-state index contributed by atoms with van der Waals surface area (Å²) in [7, 11) is 1.74. The van der Waals surface area contributed by atoms with Crippen LogP contribution in [0.5, 0.6) is 11.5 Å². The van der Waals surface area contributed by atoms with E-state index in [2.05, 4.69) is 64.1 Å². The van der Waals surface area contributed by atoms with Crippen LogP contribution in [0.25, 0.3) is 0 Å². The maximum atomic E-state index is 6.16. The molecule has 3 heteroatoms. The normalized spacial score (nSPS) is 20.1. The number of aliphatic imine (C=N–C) groups is 1. The number of methoxy groups -OCH3 is 1. The Morgan fingerprint density at radius 3 is 2.64 bits per heavy atom. The second-order valence-electron chi connectivity index (χ2n) is 7.82. The van der Waals surface area contributed by atoms with Crippen molar-refractivity contribution in [2.75, 3.05) is 13.7 Å². The molecule has 0 bridgehead atoms. The lowest BCUT2D eigenvalue weighted by Gasteiger charge is -2.42. The van der Waals surface area contributed by atoms with Crippen LogP contribution in [-0.4, -0.2) is 19.4 Å². The molecule has 130 valence electrons. The van der Waals surface area contributed by atoms with Crippen molar-refractivity contribution in [2.45, 2.75) is 39.0 Å². The molecule has 4 rings (SSSR count). The third-order valence-corrected chi connectivity index (χ3v) is 5.68. The van der Waals surface area contributed by atoms with E-state index in [1.54, 1.807) is 7.11 Å². The Morgan fingerprint density at radius 2 is 1.92 bits per heavy atom. The van der Waals surface area contributed by atoms with Gasteiger partial charge in [0.2, 0.25) is 0 Å². The monoisotopic (exact) mass is 335 g/mol. The highest BCUT2D eigenvalue weighted by atomic mass is 16.5. The van der Waals surface area contributed by atoms with Crippen molar-refractivity contribution in [1.82, 2.24) is 0 Å². The van der Waals surface area contributed by atoms with E-state index in [1.807, 2.05) is 0 Å². The number of nitrogens with zero attached hydrogens (tertiary/aromatic N) is 1. The van der Waals surface area contributed by atoms with E-state index in [1.165, 1.54) is 11.1 Å². The van der Waals surface area contributed by atoms with Crippen LogP contribution in [0.3, 0.4) is 0 Å². The number of hydrogen-bond donors (Lipinski definition) is 0. The van der Waals surface area contributed by atoms with Gasteiger partial charge < -0.3 is 9.47 Å². The lowest BCUT2D eigenvalue weighted by atomic mass is 9.67. The fourth-order valence-electron chi connectivity index (χ4n) is 4.16. The quantitative estimate of drug-likeness (QED) is 0.751. The van der Waals surface area contributed by atoms with Crippen LogP contribution in [0.4, 0.5) is 5.69 Å². The van der Waals surface area contributed by atoms with Gasteiger partial charge in [-0.25, -0.2) is 0 Å². The first-order chi connectivity index (χ1) is 11.9. The SMILES string of the molecule is COc1c(C(C)C)ccc2c1C1=Nc3ccccc3C(C)(C)C1CO2. The number of hydrogen-bond acceptors (Lipinski definition) is 3. The molecule has 0 saturated carbocycles. The number of benzene rings is 2. The van der Waals surface area contributed by atoms with Crippen molar-refractivity contribution >= 4 is 11.4 Å². The van der Waals surface area contributed by atoms with Crippen molar-refractivity contribution in [1.29, 1.82) is 0 Å². The van der Waals surface area contributed by atoms with Crippen LogP contribution in [0.2, 0.25) is 0 Å². The van der Waals surface area contributed by atoms with E-state index in [9.17, 15) is 0 Å². The van der Waals surface area contributed by atoms with E-state index in [0.717, 1.165) is 28.5 Å². The second kappa shape index (κ2) is 5.62. The topological polar surface area (TPSA) is 30.8 Å². The highest BCUT2D eigenvalue weighted by Crippen LogP contribution is 2.49. The fourth-order valence-corrected chi connectivity index (χ4v) is 4.16. The lowest BCUT2D eigenvalue weighted by Crippen LogP contribution is -2.44. The van der Waals surface area contributed by atoms with Gasteiger partial charge in [-0.2, -0.15) is 0 Å². The second-order valence-corrected chi connectivity index (χ2v) is 7.82. The van der Waals surface area contributed by atoms with E-state index in [-0.39, 0.29) is 11.3 Å². The molecule has 2 aromatic rings. The number of ether oxygens (including phenoxy) is 2. The van der Waals surface area contributed by atoms with E-state index < -0.39 is 0 Å². The first-order valence-corrected chi connectivity index (χ1v) is 8.97. The molecular weight excluding hydrogens is 310 g/mol. The smallest absolute Gasteiger partial charge is 0.135 e. The molecule has 2 aromatic carbocycles. The molecule has 1 unspecified atom stereocenters. The van der Waals surface area contributed by atoms with Crippen LogP contribution in [0.1, 0.15) is 50.3 Å². The molecule has 0 spiro atoms. The predicted octanol–water partition coefficient (Wildman–Crippen LogP) is 5.24. The largest absolute Gasteiger partial charge is 0.496 e. The van der Waals surface area contributed by atoms with Gasteiger partial charge in [-0.3, -0.25) is 4.99 Å². The highest BCUT2D eigenvalue weighted by Gasteiger charge is 2.44. The average molecular weight is 335 g/mol. The summed E-state index contributed by atoms with van der Waals surface area (Å²) in [6.45, 7) is 9.61. The molecule has 3 nitrogen and oxygen atoms in total. The van der Waals surface area contributed by atoms with Gasteiger partial charge in [-0.1, -0.05) is 52.0 Å². The zero-order chi connectivity index (χ0) is 17.8. The minimum Gasteiger partial charge on any atom is -0.496 e. The minimum atomic E-state index is -0.0375. The molecule has 2 aliphatic heterocycles. The average Bonchev–Trinajstić information content (AvgIpc) is 2.60. The number of fused-ring (bicyclic) bond motifs is 4. The van der Waals surface area contributed by atoms with Crippen molar-refractivity contribution in [3.8, 4) is 11.5 Å². The lowest BCUT2D eigenvalue weighted by molar-refractivity contribution is 0.218. The van der Waals surface area contributed by atoms with Crippen LogP contribution in [0, 0.1) is 5.92 Å². The Balaban J connectivity index is 2.01. The maximum Gasteiger partial charge on any atom is 0.135 e. The maximum absolute atomic E-state index is 6.16. The molecule has 2 aliphatic rings. The molecule has 0 aromatic heterocycles. The molecule has 0 radical (unpaired) electrons. The first-order valence-electron chi connectivity index (χ1n) is 8.97. The number of rotatable bonds is 2. The van der Waals surface area contributed by atoms with Crippen molar-refractivity contribution < 1.29 is 9.47 Å². The van der Waals surface area contributed by atoms with Gasteiger partial charge in [0.25, 0.3) is 0 Å². The van der Waals surface area contributed by atoms with Gasteiger partial charge in [-0.05, 0) is 29.2 Å². The Kier molecular flexibility index (Phi) is 3.64. The zero-order valence-electron chi connectivity index (χ0n) is 15.6. The molecule has 2 heterocycles. The molecule has 0 N–H and O–H groups in total. The van der Waals surface area contributed by atoms with Crippen molar-refractivity contribution in [2.24, 2.45) is 10.9 Å².